The molecule has 0 aliphatic carbocycles. The smallest absolute Gasteiger partial charge is 0.253 e. The van der Waals surface area contributed by atoms with Crippen molar-refractivity contribution in [1.29, 1.82) is 0 Å². The van der Waals surface area contributed by atoms with Gasteiger partial charge in [-0.1, -0.05) is 24.3 Å². The van der Waals surface area contributed by atoms with Gasteiger partial charge in [0.25, 0.3) is 5.91 Å². The topological polar surface area (TPSA) is 61.5 Å². The average molecular weight is 481 g/mol. The summed E-state index contributed by atoms with van der Waals surface area (Å²) in [6.07, 6.45) is 7.14. The highest BCUT2D eigenvalue weighted by Gasteiger charge is 2.23. The van der Waals surface area contributed by atoms with Crippen LogP contribution in [0.5, 0.6) is 5.75 Å². The summed E-state index contributed by atoms with van der Waals surface area (Å²) >= 11 is 0. The van der Waals surface area contributed by atoms with Crippen LogP contribution in [-0.4, -0.2) is 66.5 Å². The lowest BCUT2D eigenvalue weighted by atomic mass is 9.88. The van der Waals surface area contributed by atoms with Crippen LogP contribution in [0.1, 0.15) is 40.2 Å². The van der Waals surface area contributed by atoms with Crippen molar-refractivity contribution in [2.24, 2.45) is 0 Å². The van der Waals surface area contributed by atoms with Crippen molar-refractivity contribution in [3.8, 4) is 28.0 Å². The molecule has 1 fully saturated rings. The average Bonchev–Trinajstić information content (AvgIpc) is 3.34. The first kappa shape index (κ1) is 22.8. The van der Waals surface area contributed by atoms with Crippen molar-refractivity contribution in [1.82, 2.24) is 19.8 Å². The Labute approximate surface area is 211 Å². The highest BCUT2D eigenvalue weighted by atomic mass is 16.5. The number of likely N-dealkylation sites (N-methyl/N-ethyl adjacent to an activating group) is 1. The Morgan fingerprint density at radius 2 is 1.75 bits per heavy atom. The lowest BCUT2D eigenvalue weighted by molar-refractivity contribution is 0.0781. The van der Waals surface area contributed by atoms with E-state index in [1.54, 1.807) is 12.0 Å². The highest BCUT2D eigenvalue weighted by Crippen LogP contribution is 2.38. The van der Waals surface area contributed by atoms with E-state index < -0.39 is 0 Å². The Kier molecular flexibility index (Phi) is 5.76. The molecule has 6 heteroatoms. The van der Waals surface area contributed by atoms with Gasteiger partial charge < -0.3 is 19.5 Å². The molecule has 1 amide bonds. The van der Waals surface area contributed by atoms with E-state index in [0.29, 0.717) is 5.92 Å². The molecule has 6 nitrogen and oxygen atoms in total. The van der Waals surface area contributed by atoms with Crippen molar-refractivity contribution in [3.63, 3.8) is 0 Å². The third kappa shape index (κ3) is 3.95. The summed E-state index contributed by atoms with van der Waals surface area (Å²) in [7, 11) is 5.82. The fraction of sp³-hybridized carbons (Fsp3) is 0.333. The van der Waals surface area contributed by atoms with Gasteiger partial charge in [0.1, 0.15) is 11.4 Å². The highest BCUT2D eigenvalue weighted by molar-refractivity contribution is 5.99. The number of carbonyl (C=O) groups is 1. The molecular weight excluding hydrogens is 448 g/mol. The molecule has 36 heavy (non-hydrogen) atoms. The van der Waals surface area contributed by atoms with Gasteiger partial charge in [-0.05, 0) is 85.8 Å². The van der Waals surface area contributed by atoms with Crippen LogP contribution in [-0.2, 0) is 6.42 Å². The fourth-order valence-corrected chi connectivity index (χ4v) is 5.72. The van der Waals surface area contributed by atoms with Crippen LogP contribution in [0, 0.1) is 0 Å². The van der Waals surface area contributed by atoms with E-state index in [4.69, 9.17) is 9.72 Å². The summed E-state index contributed by atoms with van der Waals surface area (Å²) in [6.45, 7) is 3.00. The molecule has 0 saturated carbocycles. The number of amides is 1. The molecule has 6 rings (SSSR count). The SMILES string of the molecule is COc1cc(-c2cnc3[nH]cc(-c4ccc5c(c4)CCN(C)C5=O)c3c2)ccc1C1CCN(C)CC1. The molecule has 0 atom stereocenters. The standard InChI is InChI=1S/C30H32N4O2/c1-33-11-8-19(9-12-33)24-6-4-20(16-28(24)36-3)23-15-26-27(18-32-29(26)31-17-23)21-5-7-25-22(14-21)10-13-34(2)30(25)35/h4-7,14-19H,8-13H2,1-3H3,(H,31,32). The molecule has 0 bridgehead atoms. The maximum Gasteiger partial charge on any atom is 0.253 e. The number of nitrogens with zero attached hydrogens (tertiary/aromatic N) is 3. The summed E-state index contributed by atoms with van der Waals surface area (Å²) in [5, 5.41) is 1.07. The first-order valence-electron chi connectivity index (χ1n) is 12.7. The van der Waals surface area contributed by atoms with Crippen LogP contribution < -0.4 is 4.74 Å². The number of methoxy groups -OCH3 is 1. The number of aromatic amines is 1. The Bertz CT molecular complexity index is 1450. The predicted octanol–water partition coefficient (Wildman–Crippen LogP) is 5.34. The summed E-state index contributed by atoms with van der Waals surface area (Å²) in [5.74, 6) is 1.60. The molecular formula is C30H32N4O2. The number of likely N-dealkylation sites (tertiary alicyclic amines) is 1. The Balaban J connectivity index is 1.35. The molecule has 184 valence electrons. The molecule has 1 N–H and O–H groups in total. The summed E-state index contributed by atoms with van der Waals surface area (Å²) < 4.78 is 5.85. The molecule has 0 radical (unpaired) electrons. The number of carbonyl (C=O) groups excluding carboxylic acids is 1. The number of rotatable bonds is 4. The predicted molar refractivity (Wildman–Crippen MR) is 144 cm³/mol. The van der Waals surface area contributed by atoms with Crippen LogP contribution >= 0.6 is 0 Å². The number of piperidine rings is 1. The molecule has 2 aliphatic rings. The van der Waals surface area contributed by atoms with Gasteiger partial charge in [-0.15, -0.1) is 0 Å². The molecule has 4 aromatic rings. The zero-order valence-corrected chi connectivity index (χ0v) is 21.2. The van der Waals surface area contributed by atoms with Gasteiger partial charge in [-0.3, -0.25) is 4.79 Å². The number of nitrogens with one attached hydrogen (secondary N) is 1. The van der Waals surface area contributed by atoms with Gasteiger partial charge in [-0.25, -0.2) is 4.98 Å². The van der Waals surface area contributed by atoms with Gasteiger partial charge in [0.15, 0.2) is 0 Å². The number of benzene rings is 2. The summed E-state index contributed by atoms with van der Waals surface area (Å²) in [5.41, 5.74) is 8.45. The molecule has 4 heterocycles. The second-order valence-corrected chi connectivity index (χ2v) is 10.2. The monoisotopic (exact) mass is 480 g/mol. The van der Waals surface area contributed by atoms with E-state index in [2.05, 4.69) is 47.3 Å². The molecule has 2 aromatic carbocycles. The van der Waals surface area contributed by atoms with Crippen molar-refractivity contribution < 1.29 is 9.53 Å². The first-order chi connectivity index (χ1) is 17.5. The Morgan fingerprint density at radius 3 is 2.56 bits per heavy atom. The second kappa shape index (κ2) is 9.10. The van der Waals surface area contributed by atoms with Crippen molar-refractivity contribution in [2.45, 2.75) is 25.2 Å². The fourth-order valence-electron chi connectivity index (χ4n) is 5.72. The minimum absolute atomic E-state index is 0.100. The van der Waals surface area contributed by atoms with Crippen molar-refractivity contribution in [3.05, 3.63) is 71.5 Å². The number of aromatic nitrogens is 2. The maximum atomic E-state index is 12.5. The largest absolute Gasteiger partial charge is 0.496 e. The zero-order chi connectivity index (χ0) is 24.8. The van der Waals surface area contributed by atoms with Crippen LogP contribution in [0.3, 0.4) is 0 Å². The van der Waals surface area contributed by atoms with E-state index >= 15 is 0 Å². The molecule has 0 unspecified atom stereocenters. The Morgan fingerprint density at radius 1 is 0.944 bits per heavy atom. The Hall–Kier alpha value is -3.64. The van der Waals surface area contributed by atoms with Crippen LogP contribution in [0.25, 0.3) is 33.3 Å². The minimum atomic E-state index is 0.100. The number of pyridine rings is 1. The first-order valence-corrected chi connectivity index (χ1v) is 12.7. The van der Waals surface area contributed by atoms with Crippen LogP contribution in [0.4, 0.5) is 0 Å². The second-order valence-electron chi connectivity index (χ2n) is 10.2. The van der Waals surface area contributed by atoms with Crippen molar-refractivity contribution >= 4 is 16.9 Å². The minimum Gasteiger partial charge on any atom is -0.496 e. The van der Waals surface area contributed by atoms with E-state index in [1.165, 1.54) is 5.56 Å². The normalized spacial score (nSPS) is 17.0. The van der Waals surface area contributed by atoms with Gasteiger partial charge in [0, 0.05) is 48.1 Å². The number of fused-ring (bicyclic) bond motifs is 2. The third-order valence-electron chi connectivity index (χ3n) is 7.97. The molecule has 1 saturated heterocycles. The quantitative estimate of drug-likeness (QED) is 0.428. The van der Waals surface area contributed by atoms with Gasteiger partial charge in [0.05, 0.1) is 7.11 Å². The van der Waals surface area contributed by atoms with Gasteiger partial charge in [-0.2, -0.15) is 0 Å². The lowest BCUT2D eigenvalue weighted by Crippen LogP contribution is -2.34. The molecule has 2 aromatic heterocycles. The van der Waals surface area contributed by atoms with Gasteiger partial charge >= 0.3 is 0 Å². The number of ether oxygens (including phenoxy) is 1. The summed E-state index contributed by atoms with van der Waals surface area (Å²) in [4.78, 5) is 24.8. The van der Waals surface area contributed by atoms with Crippen LogP contribution in [0.2, 0.25) is 0 Å². The van der Waals surface area contributed by atoms with Crippen molar-refractivity contribution in [2.75, 3.05) is 40.8 Å². The number of hydrogen-bond donors (Lipinski definition) is 1. The third-order valence-corrected chi connectivity index (χ3v) is 7.97. The van der Waals surface area contributed by atoms with E-state index in [9.17, 15) is 4.79 Å². The lowest BCUT2D eigenvalue weighted by Gasteiger charge is -2.30. The zero-order valence-electron chi connectivity index (χ0n) is 21.2. The number of hydrogen-bond acceptors (Lipinski definition) is 4. The van der Waals surface area contributed by atoms with E-state index in [-0.39, 0.29) is 5.91 Å². The van der Waals surface area contributed by atoms with E-state index in [1.807, 2.05) is 31.6 Å². The maximum absolute atomic E-state index is 12.5. The van der Waals surface area contributed by atoms with E-state index in [0.717, 1.165) is 89.1 Å². The van der Waals surface area contributed by atoms with Gasteiger partial charge in [0.2, 0.25) is 0 Å². The summed E-state index contributed by atoms with van der Waals surface area (Å²) in [6, 6.07) is 15.0. The molecule has 2 aliphatic heterocycles. The van der Waals surface area contributed by atoms with Crippen LogP contribution in [0.15, 0.2) is 54.9 Å². The molecule has 0 spiro atoms. The number of H-pyrrole nitrogens is 1.